The second kappa shape index (κ2) is 4.69. The molecule has 1 rings (SSSR count). The fourth-order valence-corrected chi connectivity index (χ4v) is 2.16. The van der Waals surface area contributed by atoms with Crippen LogP contribution >= 0.6 is 8.61 Å². The third-order valence-electron chi connectivity index (χ3n) is 2.26. The minimum atomic E-state index is -0.199. The molecule has 1 fully saturated rings. The molecular formula is C8H12BNO3P. The molecule has 1 aliphatic heterocycles. The Hall–Kier alpha value is -0.695. The van der Waals surface area contributed by atoms with Gasteiger partial charge in [0.15, 0.2) is 0 Å². The summed E-state index contributed by atoms with van der Waals surface area (Å²) in [7, 11) is -0.134. The number of carbonyl (C=O) groups excluding carboxylic acids is 3. The summed E-state index contributed by atoms with van der Waals surface area (Å²) in [4.78, 5) is 33.1. The van der Waals surface area contributed by atoms with Crippen molar-refractivity contribution in [1.82, 2.24) is 4.67 Å². The van der Waals surface area contributed by atoms with Gasteiger partial charge in [-0.15, -0.1) is 0 Å². The molecule has 1 aliphatic rings. The van der Waals surface area contributed by atoms with Crippen LogP contribution in [0.3, 0.4) is 0 Å². The lowest BCUT2D eigenvalue weighted by molar-refractivity contribution is -0.133. The number of hydrogen-bond acceptors (Lipinski definition) is 3. The lowest BCUT2D eigenvalue weighted by Gasteiger charge is -2.14. The molecule has 1 radical (unpaired) electrons. The Labute approximate surface area is 85.4 Å². The number of hydrogen-bond donors (Lipinski definition) is 0. The van der Waals surface area contributed by atoms with E-state index in [1.807, 2.05) is 13.8 Å². The molecule has 0 aromatic rings. The average molecular weight is 212 g/mol. The van der Waals surface area contributed by atoms with Crippen LogP contribution in [0.15, 0.2) is 0 Å². The Kier molecular flexibility index (Phi) is 3.82. The van der Waals surface area contributed by atoms with Crippen LogP contribution in [0.1, 0.15) is 20.3 Å². The summed E-state index contributed by atoms with van der Waals surface area (Å²) in [5, 5.41) is 0. The molecule has 0 N–H and O–H groups in total. The van der Waals surface area contributed by atoms with Crippen molar-refractivity contribution in [1.29, 1.82) is 0 Å². The van der Waals surface area contributed by atoms with Crippen LogP contribution in [0.5, 0.6) is 0 Å². The quantitative estimate of drug-likeness (QED) is 0.293. The standard InChI is InChI=1S/C8H12BNO3P/c1-5(2)6-3-7(12)10(8(6)13)14-9-4-11/h4-6,14H,3H2,1-2H3. The van der Waals surface area contributed by atoms with E-state index in [2.05, 4.69) is 0 Å². The van der Waals surface area contributed by atoms with Crippen molar-refractivity contribution < 1.29 is 14.4 Å². The molecule has 75 valence electrons. The Morgan fingerprint density at radius 1 is 1.57 bits per heavy atom. The first-order chi connectivity index (χ1) is 6.57. The minimum Gasteiger partial charge on any atom is -0.315 e. The summed E-state index contributed by atoms with van der Waals surface area (Å²) < 4.78 is 1.18. The zero-order valence-electron chi connectivity index (χ0n) is 8.19. The maximum atomic E-state index is 11.6. The third-order valence-corrected chi connectivity index (χ3v) is 3.27. The molecule has 2 unspecified atom stereocenters. The van der Waals surface area contributed by atoms with Gasteiger partial charge in [-0.3, -0.25) is 14.3 Å². The van der Waals surface area contributed by atoms with Crippen LogP contribution in [-0.2, 0) is 14.4 Å². The monoisotopic (exact) mass is 212 g/mol. The van der Waals surface area contributed by atoms with Crippen molar-refractivity contribution >= 4 is 33.6 Å². The Morgan fingerprint density at radius 2 is 2.21 bits per heavy atom. The number of rotatable bonds is 4. The molecular weight excluding hydrogens is 200 g/mol. The van der Waals surface area contributed by atoms with E-state index in [0.29, 0.717) is 6.19 Å². The smallest absolute Gasteiger partial charge is 0.255 e. The Bertz CT molecular complexity index is 269. The van der Waals surface area contributed by atoms with Gasteiger partial charge >= 0.3 is 0 Å². The van der Waals surface area contributed by atoms with Crippen LogP contribution in [0.4, 0.5) is 0 Å². The number of imide groups is 1. The number of amides is 2. The summed E-state index contributed by atoms with van der Waals surface area (Å²) in [6.07, 6.45) is 0.901. The van der Waals surface area contributed by atoms with Crippen molar-refractivity contribution in [2.75, 3.05) is 0 Å². The van der Waals surface area contributed by atoms with Crippen LogP contribution < -0.4 is 0 Å². The summed E-state index contributed by atoms with van der Waals surface area (Å²) in [5.74, 6) is -0.320. The van der Waals surface area contributed by atoms with Gasteiger partial charge in [0.1, 0.15) is 0 Å². The molecule has 0 aliphatic carbocycles. The van der Waals surface area contributed by atoms with E-state index in [4.69, 9.17) is 0 Å². The zero-order valence-corrected chi connectivity index (χ0v) is 9.19. The molecule has 1 saturated heterocycles. The molecule has 0 bridgehead atoms. The van der Waals surface area contributed by atoms with Gasteiger partial charge in [0.2, 0.25) is 11.8 Å². The van der Waals surface area contributed by atoms with Gasteiger partial charge in [0, 0.05) is 12.3 Å². The van der Waals surface area contributed by atoms with E-state index in [-0.39, 0.29) is 38.7 Å². The lowest BCUT2D eigenvalue weighted by atomic mass is 9.95. The SMILES string of the molecule is CC(C)C1CC(=O)N(P[B]C=O)C1=O. The van der Waals surface area contributed by atoms with Crippen LogP contribution in [-0.4, -0.2) is 29.7 Å². The first-order valence-corrected chi connectivity index (χ1v) is 5.50. The molecule has 2 atom stereocenters. The fourth-order valence-electron chi connectivity index (χ4n) is 1.42. The first kappa shape index (κ1) is 11.4. The predicted molar refractivity (Wildman–Crippen MR) is 55.6 cm³/mol. The minimum absolute atomic E-state index is 0.134. The normalized spacial score (nSPS) is 22.8. The van der Waals surface area contributed by atoms with Crippen molar-refractivity contribution in [3.8, 4) is 0 Å². The summed E-state index contributed by atoms with van der Waals surface area (Å²) >= 11 is 0. The van der Waals surface area contributed by atoms with Gasteiger partial charge in [-0.2, -0.15) is 0 Å². The first-order valence-electron chi connectivity index (χ1n) is 4.48. The van der Waals surface area contributed by atoms with Gasteiger partial charge in [0.05, 0.1) is 6.19 Å². The van der Waals surface area contributed by atoms with Crippen molar-refractivity contribution in [2.45, 2.75) is 20.3 Å². The maximum Gasteiger partial charge on any atom is 0.255 e. The van der Waals surface area contributed by atoms with Crippen LogP contribution in [0.2, 0.25) is 0 Å². The molecule has 0 spiro atoms. The number of carbonyl (C=O) groups is 3. The summed E-state index contributed by atoms with van der Waals surface area (Å²) in [6.45, 7) is 5.15. The molecule has 6 heteroatoms. The largest absolute Gasteiger partial charge is 0.315 e. The molecule has 4 nitrogen and oxygen atoms in total. The third kappa shape index (κ3) is 2.21. The van der Waals surface area contributed by atoms with Gasteiger partial charge in [-0.05, 0) is 14.5 Å². The Balaban J connectivity index is 2.65. The maximum absolute atomic E-state index is 11.6. The summed E-state index contributed by atoms with van der Waals surface area (Å²) in [5.41, 5.74) is 0. The van der Waals surface area contributed by atoms with Crippen molar-refractivity contribution in [2.24, 2.45) is 11.8 Å². The lowest BCUT2D eigenvalue weighted by Crippen LogP contribution is -2.25. The van der Waals surface area contributed by atoms with Crippen LogP contribution in [0, 0.1) is 11.8 Å². The topological polar surface area (TPSA) is 54.5 Å². The highest BCUT2D eigenvalue weighted by Crippen LogP contribution is 2.32. The van der Waals surface area contributed by atoms with E-state index < -0.39 is 0 Å². The van der Waals surface area contributed by atoms with Gasteiger partial charge in [-0.1, -0.05) is 13.8 Å². The molecule has 0 aromatic heterocycles. The van der Waals surface area contributed by atoms with E-state index in [1.165, 1.54) is 11.7 Å². The molecule has 2 amide bonds. The number of nitrogens with zero attached hydrogens (tertiary/aromatic N) is 1. The van der Waals surface area contributed by atoms with Crippen molar-refractivity contribution in [3.63, 3.8) is 0 Å². The van der Waals surface area contributed by atoms with Crippen molar-refractivity contribution in [3.05, 3.63) is 0 Å². The zero-order chi connectivity index (χ0) is 10.7. The molecule has 14 heavy (non-hydrogen) atoms. The van der Waals surface area contributed by atoms with E-state index in [9.17, 15) is 14.4 Å². The second-order valence-corrected chi connectivity index (χ2v) is 4.59. The van der Waals surface area contributed by atoms with Gasteiger partial charge in [-0.25, -0.2) is 0 Å². The average Bonchev–Trinajstić information content (AvgIpc) is 2.40. The van der Waals surface area contributed by atoms with E-state index in [1.54, 1.807) is 0 Å². The second-order valence-electron chi connectivity index (χ2n) is 3.55. The highest BCUT2D eigenvalue weighted by molar-refractivity contribution is 7.74. The molecule has 0 aromatic carbocycles. The Morgan fingerprint density at radius 3 is 2.64 bits per heavy atom. The fraction of sp³-hybridized carbons (Fsp3) is 0.625. The summed E-state index contributed by atoms with van der Waals surface area (Å²) in [6, 6.07) is 0. The van der Waals surface area contributed by atoms with Gasteiger partial charge < -0.3 is 4.79 Å². The highest BCUT2D eigenvalue weighted by Gasteiger charge is 2.39. The molecule has 0 saturated carbocycles. The van der Waals surface area contributed by atoms with Gasteiger partial charge in [0.25, 0.3) is 7.00 Å². The van der Waals surface area contributed by atoms with E-state index in [0.717, 1.165) is 0 Å². The highest BCUT2D eigenvalue weighted by atomic mass is 31.1. The predicted octanol–water partition coefficient (Wildman–Crippen LogP) is 0.420. The van der Waals surface area contributed by atoms with E-state index >= 15 is 0 Å². The van der Waals surface area contributed by atoms with Crippen LogP contribution in [0.25, 0.3) is 0 Å². The molecule has 1 heterocycles.